The highest BCUT2D eigenvalue weighted by Gasteiger charge is 2.46. The molecular formula is C13H17ClN4O3. The van der Waals surface area contributed by atoms with E-state index < -0.39 is 4.92 Å². The fourth-order valence-corrected chi connectivity index (χ4v) is 3.18. The van der Waals surface area contributed by atoms with Crippen LogP contribution in [0.5, 0.6) is 0 Å². The molecular weight excluding hydrogens is 296 g/mol. The Morgan fingerprint density at radius 3 is 2.71 bits per heavy atom. The first-order valence-electron chi connectivity index (χ1n) is 6.87. The van der Waals surface area contributed by atoms with Gasteiger partial charge < -0.3 is 9.64 Å². The van der Waals surface area contributed by atoms with Crippen LogP contribution in [-0.2, 0) is 4.74 Å². The molecule has 0 radical (unpaired) electrons. The molecule has 7 nitrogen and oxygen atoms in total. The molecule has 114 valence electrons. The van der Waals surface area contributed by atoms with Crippen molar-refractivity contribution in [2.45, 2.75) is 12.5 Å². The summed E-state index contributed by atoms with van der Waals surface area (Å²) in [6, 6.07) is 1.36. The van der Waals surface area contributed by atoms with Gasteiger partial charge in [0.25, 0.3) is 0 Å². The number of morpholine rings is 1. The predicted molar refractivity (Wildman–Crippen MR) is 78.9 cm³/mol. The molecule has 0 amide bonds. The Kier molecular flexibility index (Phi) is 3.73. The summed E-state index contributed by atoms with van der Waals surface area (Å²) in [7, 11) is 0. The van der Waals surface area contributed by atoms with E-state index in [2.05, 4.69) is 16.8 Å². The molecule has 21 heavy (non-hydrogen) atoms. The van der Waals surface area contributed by atoms with Gasteiger partial charge in [0.2, 0.25) is 5.82 Å². The van der Waals surface area contributed by atoms with Gasteiger partial charge in [-0.15, -0.1) is 0 Å². The maximum atomic E-state index is 11.1. The van der Waals surface area contributed by atoms with E-state index >= 15 is 0 Å². The lowest BCUT2D eigenvalue weighted by molar-refractivity contribution is -0.384. The van der Waals surface area contributed by atoms with Crippen LogP contribution in [0.15, 0.2) is 12.3 Å². The fraction of sp³-hybridized carbons (Fsp3) is 0.615. The van der Waals surface area contributed by atoms with Crippen molar-refractivity contribution in [2.24, 2.45) is 0 Å². The Labute approximate surface area is 127 Å². The third kappa shape index (κ3) is 2.68. The summed E-state index contributed by atoms with van der Waals surface area (Å²) in [5.41, 5.74) is -0.00887. The van der Waals surface area contributed by atoms with E-state index in [4.69, 9.17) is 16.3 Å². The molecule has 0 atom stereocenters. The third-order valence-corrected chi connectivity index (χ3v) is 4.35. The first kappa shape index (κ1) is 14.5. The summed E-state index contributed by atoms with van der Waals surface area (Å²) >= 11 is 5.80. The van der Waals surface area contributed by atoms with E-state index in [-0.39, 0.29) is 16.2 Å². The molecule has 1 aromatic heterocycles. The van der Waals surface area contributed by atoms with Crippen LogP contribution in [0.2, 0.25) is 5.02 Å². The molecule has 0 unspecified atom stereocenters. The van der Waals surface area contributed by atoms with Crippen LogP contribution in [0, 0.1) is 10.1 Å². The lowest BCUT2D eigenvalue weighted by Crippen LogP contribution is -2.70. The van der Waals surface area contributed by atoms with Gasteiger partial charge in [0.15, 0.2) is 0 Å². The van der Waals surface area contributed by atoms with Crippen LogP contribution in [0.3, 0.4) is 0 Å². The Hall–Kier alpha value is -1.44. The standard InChI is InChI=1S/C13H17ClN4O3/c1-13(17-2-4-21-5-3-17)8-16(9-13)12-11(18(19)20)6-10(14)7-15-12/h6-7H,2-5,8-9H2,1H3. The molecule has 2 saturated heterocycles. The second-order valence-corrected chi connectivity index (χ2v) is 6.14. The molecule has 1 aromatic rings. The van der Waals surface area contributed by atoms with E-state index in [1.807, 2.05) is 4.90 Å². The third-order valence-electron chi connectivity index (χ3n) is 4.15. The number of anilines is 1. The van der Waals surface area contributed by atoms with Crippen molar-refractivity contribution in [2.75, 3.05) is 44.3 Å². The first-order chi connectivity index (χ1) is 9.99. The van der Waals surface area contributed by atoms with Gasteiger partial charge in [-0.05, 0) is 6.92 Å². The Morgan fingerprint density at radius 2 is 2.10 bits per heavy atom. The van der Waals surface area contributed by atoms with Crippen molar-refractivity contribution in [1.82, 2.24) is 9.88 Å². The summed E-state index contributed by atoms with van der Waals surface area (Å²) in [5, 5.41) is 11.4. The van der Waals surface area contributed by atoms with E-state index in [0.717, 1.165) is 39.4 Å². The van der Waals surface area contributed by atoms with Crippen molar-refractivity contribution >= 4 is 23.1 Å². The quantitative estimate of drug-likeness (QED) is 0.623. The van der Waals surface area contributed by atoms with Crippen molar-refractivity contribution < 1.29 is 9.66 Å². The van der Waals surface area contributed by atoms with Crippen LogP contribution >= 0.6 is 11.6 Å². The zero-order chi connectivity index (χ0) is 15.0. The molecule has 2 fully saturated rings. The molecule has 0 N–H and O–H groups in total. The zero-order valence-electron chi connectivity index (χ0n) is 11.8. The second-order valence-electron chi connectivity index (χ2n) is 5.71. The van der Waals surface area contributed by atoms with E-state index in [1.54, 1.807) is 0 Å². The minimum absolute atomic E-state index is 0.0268. The molecule has 0 spiro atoms. The monoisotopic (exact) mass is 312 g/mol. The fourth-order valence-electron chi connectivity index (χ4n) is 3.03. The highest BCUT2D eigenvalue weighted by molar-refractivity contribution is 6.30. The van der Waals surface area contributed by atoms with E-state index in [1.165, 1.54) is 12.3 Å². The molecule has 8 heteroatoms. The van der Waals surface area contributed by atoms with Crippen LogP contribution in [0.25, 0.3) is 0 Å². The molecule has 0 bridgehead atoms. The van der Waals surface area contributed by atoms with Gasteiger partial charge in [-0.25, -0.2) is 4.98 Å². The molecule has 3 heterocycles. The Morgan fingerprint density at radius 1 is 1.43 bits per heavy atom. The van der Waals surface area contributed by atoms with E-state index in [0.29, 0.717) is 5.82 Å². The minimum Gasteiger partial charge on any atom is -0.379 e. The summed E-state index contributed by atoms with van der Waals surface area (Å²) in [4.78, 5) is 19.2. The summed E-state index contributed by atoms with van der Waals surface area (Å²) in [5.74, 6) is 0.398. The number of aromatic nitrogens is 1. The lowest BCUT2D eigenvalue weighted by Gasteiger charge is -2.55. The average Bonchev–Trinajstić information content (AvgIpc) is 2.45. The number of pyridine rings is 1. The summed E-state index contributed by atoms with van der Waals surface area (Å²) < 4.78 is 5.37. The number of ether oxygens (including phenoxy) is 1. The smallest absolute Gasteiger partial charge is 0.313 e. The highest BCUT2D eigenvalue weighted by atomic mass is 35.5. The maximum absolute atomic E-state index is 11.1. The Bertz CT molecular complexity index is 556. The maximum Gasteiger partial charge on any atom is 0.313 e. The van der Waals surface area contributed by atoms with Crippen LogP contribution in [0.1, 0.15) is 6.92 Å². The number of rotatable bonds is 3. The molecule has 2 aliphatic rings. The normalized spacial score (nSPS) is 21.9. The predicted octanol–water partition coefficient (Wildman–Crippen LogP) is 1.55. The van der Waals surface area contributed by atoms with E-state index in [9.17, 15) is 10.1 Å². The molecule has 2 aliphatic heterocycles. The second kappa shape index (κ2) is 5.40. The summed E-state index contributed by atoms with van der Waals surface area (Å²) in [6.45, 7) is 6.92. The lowest BCUT2D eigenvalue weighted by atomic mass is 9.89. The highest BCUT2D eigenvalue weighted by Crippen LogP contribution is 2.36. The van der Waals surface area contributed by atoms with Gasteiger partial charge in [0.1, 0.15) is 0 Å². The van der Waals surface area contributed by atoms with Gasteiger partial charge in [-0.3, -0.25) is 15.0 Å². The Balaban J connectivity index is 1.75. The number of hydrogen-bond donors (Lipinski definition) is 0. The summed E-state index contributed by atoms with van der Waals surface area (Å²) in [6.07, 6.45) is 1.45. The van der Waals surface area contributed by atoms with Gasteiger partial charge in [-0.2, -0.15) is 0 Å². The van der Waals surface area contributed by atoms with Gasteiger partial charge in [0.05, 0.1) is 28.7 Å². The van der Waals surface area contributed by atoms with Gasteiger partial charge in [0, 0.05) is 38.4 Å². The average molecular weight is 313 g/mol. The van der Waals surface area contributed by atoms with Gasteiger partial charge >= 0.3 is 5.69 Å². The molecule has 0 aromatic carbocycles. The minimum atomic E-state index is -0.432. The van der Waals surface area contributed by atoms with Crippen LogP contribution in [-0.4, -0.2) is 59.7 Å². The molecule has 0 saturated carbocycles. The first-order valence-corrected chi connectivity index (χ1v) is 7.25. The van der Waals surface area contributed by atoms with Crippen molar-refractivity contribution in [3.63, 3.8) is 0 Å². The number of halogens is 1. The number of nitrogens with zero attached hydrogens (tertiary/aromatic N) is 4. The van der Waals surface area contributed by atoms with Gasteiger partial charge in [-0.1, -0.05) is 11.6 Å². The topological polar surface area (TPSA) is 71.7 Å². The van der Waals surface area contributed by atoms with Crippen molar-refractivity contribution in [3.8, 4) is 0 Å². The number of hydrogen-bond acceptors (Lipinski definition) is 6. The molecule has 3 rings (SSSR count). The van der Waals surface area contributed by atoms with Crippen LogP contribution < -0.4 is 4.90 Å². The van der Waals surface area contributed by atoms with Crippen molar-refractivity contribution in [1.29, 1.82) is 0 Å². The van der Waals surface area contributed by atoms with Crippen LogP contribution in [0.4, 0.5) is 11.5 Å². The number of nitro groups is 1. The largest absolute Gasteiger partial charge is 0.379 e. The molecule has 0 aliphatic carbocycles. The SMILES string of the molecule is CC1(N2CCOCC2)CN(c2ncc(Cl)cc2[N+](=O)[O-])C1. The van der Waals surface area contributed by atoms with Crippen molar-refractivity contribution in [3.05, 3.63) is 27.4 Å². The zero-order valence-corrected chi connectivity index (χ0v) is 12.5.